The third-order valence-corrected chi connectivity index (χ3v) is 2.86. The number of carbonyl (C=O) groups is 1. The summed E-state index contributed by atoms with van der Waals surface area (Å²) < 4.78 is 4.46. The fraction of sp³-hybridized carbons (Fsp3) is 0.545. The number of nitro groups is 1. The van der Waals surface area contributed by atoms with E-state index >= 15 is 0 Å². The molecule has 0 amide bonds. The second kappa shape index (κ2) is 5.47. The van der Waals surface area contributed by atoms with Gasteiger partial charge in [-0.3, -0.25) is 10.1 Å². The number of allylic oxidation sites excluding steroid dienone is 2. The summed E-state index contributed by atoms with van der Waals surface area (Å²) in [4.78, 5) is 21.2. The molecule has 0 saturated carbocycles. The number of hydrogen-bond acceptors (Lipinski definition) is 4. The van der Waals surface area contributed by atoms with Crippen LogP contribution in [0.15, 0.2) is 24.3 Å². The Bertz CT molecular complexity index is 363. The molecule has 0 fully saturated rings. The molecule has 0 heterocycles. The molecule has 17 heavy (non-hydrogen) atoms. The van der Waals surface area contributed by atoms with Crippen LogP contribution in [0.25, 0.3) is 0 Å². The van der Waals surface area contributed by atoms with Crippen molar-refractivity contribution in [1.82, 2.24) is 0 Å². The normalized spacial score (nSPS) is 26.8. The molecule has 1 aliphatic rings. The van der Waals surface area contributed by atoms with E-state index in [9.17, 15) is 14.9 Å². The Morgan fingerprint density at radius 3 is 2.82 bits per heavy atom. The van der Waals surface area contributed by atoms with E-state index in [1.165, 1.54) is 6.08 Å². The van der Waals surface area contributed by atoms with E-state index < -0.39 is 17.6 Å². The summed E-state index contributed by atoms with van der Waals surface area (Å²) in [5.41, 5.74) is -1.25. The predicted molar refractivity (Wildman–Crippen MR) is 60.4 cm³/mol. The number of ether oxygens (including phenoxy) is 1. The number of hydrogen-bond donors (Lipinski definition) is 1. The van der Waals surface area contributed by atoms with Gasteiger partial charge in [-0.25, -0.2) is 4.79 Å². The van der Waals surface area contributed by atoms with Crippen LogP contribution in [-0.2, 0) is 4.74 Å². The van der Waals surface area contributed by atoms with Gasteiger partial charge in [0.15, 0.2) is 0 Å². The third kappa shape index (κ3) is 2.83. The van der Waals surface area contributed by atoms with Crippen LogP contribution in [0, 0.1) is 16.0 Å². The highest BCUT2D eigenvalue weighted by Gasteiger charge is 2.47. The summed E-state index contributed by atoms with van der Waals surface area (Å²) in [6.07, 6.45) is 6.02. The monoisotopic (exact) mass is 241 g/mol. The summed E-state index contributed by atoms with van der Waals surface area (Å²) in [6.45, 7) is 1.66. The van der Waals surface area contributed by atoms with Crippen molar-refractivity contribution in [2.45, 2.75) is 25.3 Å². The van der Waals surface area contributed by atoms with Crippen LogP contribution in [0.5, 0.6) is 0 Å². The van der Waals surface area contributed by atoms with Gasteiger partial charge in [-0.2, -0.15) is 0 Å². The second-order valence-corrected chi connectivity index (χ2v) is 3.93. The lowest BCUT2D eigenvalue weighted by Crippen LogP contribution is -2.46. The fourth-order valence-corrected chi connectivity index (χ4v) is 2.03. The van der Waals surface area contributed by atoms with Gasteiger partial charge in [-0.15, -0.1) is 0 Å². The van der Waals surface area contributed by atoms with Crippen molar-refractivity contribution in [3.8, 4) is 0 Å². The van der Waals surface area contributed by atoms with Gasteiger partial charge >= 0.3 is 6.16 Å². The molecule has 0 bridgehead atoms. The Morgan fingerprint density at radius 1 is 1.59 bits per heavy atom. The lowest BCUT2D eigenvalue weighted by Gasteiger charge is -2.29. The van der Waals surface area contributed by atoms with Gasteiger partial charge in [0.2, 0.25) is 5.54 Å². The summed E-state index contributed by atoms with van der Waals surface area (Å²) in [5.74, 6) is -0.557. The molecule has 0 aromatic carbocycles. The van der Waals surface area contributed by atoms with Crippen LogP contribution in [-0.4, -0.2) is 28.3 Å². The molecule has 1 N–H and O–H groups in total. The quantitative estimate of drug-likeness (QED) is 0.453. The predicted octanol–water partition coefficient (Wildman–Crippen LogP) is 2.24. The van der Waals surface area contributed by atoms with Crippen LogP contribution in [0.1, 0.15) is 19.8 Å². The standard InChI is InChI=1S/C11H15NO5/c1-2-6-11(12(15)16)7-4-3-5-9(11)8-17-10(13)14/h3-5,7,9H,2,6,8H2,1H3,(H,13,14). The molecule has 1 rings (SSSR count). The van der Waals surface area contributed by atoms with Crippen LogP contribution in [0.3, 0.4) is 0 Å². The van der Waals surface area contributed by atoms with E-state index in [-0.39, 0.29) is 11.5 Å². The van der Waals surface area contributed by atoms with Gasteiger partial charge < -0.3 is 9.84 Å². The van der Waals surface area contributed by atoms with Crippen molar-refractivity contribution in [2.75, 3.05) is 6.61 Å². The van der Waals surface area contributed by atoms with E-state index in [1.54, 1.807) is 18.2 Å². The fourth-order valence-electron chi connectivity index (χ4n) is 2.03. The molecule has 0 aliphatic heterocycles. The molecule has 0 saturated heterocycles. The SMILES string of the molecule is CCCC1([N+](=O)[O-])C=CC=CC1COC(=O)O. The minimum Gasteiger partial charge on any atom is -0.450 e. The molecule has 1 aliphatic carbocycles. The first-order valence-corrected chi connectivity index (χ1v) is 5.39. The summed E-state index contributed by atoms with van der Waals surface area (Å²) in [5, 5.41) is 19.7. The maximum Gasteiger partial charge on any atom is 0.505 e. The Hall–Kier alpha value is -1.85. The first-order chi connectivity index (χ1) is 8.03. The number of carboxylic acid groups (broad SMARTS) is 1. The highest BCUT2D eigenvalue weighted by atomic mass is 16.7. The molecule has 6 heteroatoms. The average molecular weight is 241 g/mol. The Kier molecular flexibility index (Phi) is 4.25. The zero-order valence-electron chi connectivity index (χ0n) is 9.54. The topological polar surface area (TPSA) is 89.7 Å². The molecular weight excluding hydrogens is 226 g/mol. The van der Waals surface area contributed by atoms with Gasteiger partial charge in [0.05, 0.1) is 5.92 Å². The lowest BCUT2D eigenvalue weighted by atomic mass is 9.78. The molecule has 0 aromatic rings. The van der Waals surface area contributed by atoms with Crippen LogP contribution < -0.4 is 0 Å². The molecule has 94 valence electrons. The summed E-state index contributed by atoms with van der Waals surface area (Å²) in [7, 11) is 0. The zero-order chi connectivity index (χ0) is 12.9. The lowest BCUT2D eigenvalue weighted by molar-refractivity contribution is -0.565. The number of rotatable bonds is 5. The Morgan fingerprint density at radius 2 is 2.29 bits per heavy atom. The van der Waals surface area contributed by atoms with Gasteiger partial charge in [0.25, 0.3) is 0 Å². The smallest absolute Gasteiger partial charge is 0.450 e. The second-order valence-electron chi connectivity index (χ2n) is 3.93. The van der Waals surface area contributed by atoms with Crippen LogP contribution in [0.2, 0.25) is 0 Å². The first kappa shape index (κ1) is 13.2. The van der Waals surface area contributed by atoms with Crippen molar-refractivity contribution in [3.05, 3.63) is 34.4 Å². The van der Waals surface area contributed by atoms with Crippen molar-refractivity contribution in [1.29, 1.82) is 0 Å². The highest BCUT2D eigenvalue weighted by molar-refractivity contribution is 5.56. The van der Waals surface area contributed by atoms with Crippen molar-refractivity contribution < 1.29 is 19.6 Å². The van der Waals surface area contributed by atoms with Gasteiger partial charge in [0.1, 0.15) is 6.61 Å². The minimum atomic E-state index is -1.42. The molecule has 2 unspecified atom stereocenters. The minimum absolute atomic E-state index is 0.197. The van der Waals surface area contributed by atoms with E-state index in [1.807, 2.05) is 6.92 Å². The molecular formula is C11H15NO5. The highest BCUT2D eigenvalue weighted by Crippen LogP contribution is 2.32. The van der Waals surface area contributed by atoms with Crippen LogP contribution in [0.4, 0.5) is 4.79 Å². The van der Waals surface area contributed by atoms with Crippen molar-refractivity contribution >= 4 is 6.16 Å². The van der Waals surface area contributed by atoms with E-state index in [2.05, 4.69) is 4.74 Å². The molecule has 2 atom stereocenters. The van der Waals surface area contributed by atoms with Gasteiger partial charge in [-0.1, -0.05) is 25.2 Å². The molecule has 0 radical (unpaired) electrons. The van der Waals surface area contributed by atoms with E-state index in [0.29, 0.717) is 12.8 Å². The zero-order valence-corrected chi connectivity index (χ0v) is 9.54. The molecule has 0 spiro atoms. The summed E-state index contributed by atoms with van der Waals surface area (Å²) in [6, 6.07) is 0. The Labute approximate surface area is 98.7 Å². The Balaban J connectivity index is 2.90. The largest absolute Gasteiger partial charge is 0.505 e. The average Bonchev–Trinajstić information content (AvgIpc) is 2.27. The van der Waals surface area contributed by atoms with Crippen LogP contribution >= 0.6 is 0 Å². The maximum absolute atomic E-state index is 11.2. The van der Waals surface area contributed by atoms with Crippen molar-refractivity contribution in [3.63, 3.8) is 0 Å². The molecule has 6 nitrogen and oxygen atoms in total. The first-order valence-electron chi connectivity index (χ1n) is 5.39. The van der Waals surface area contributed by atoms with E-state index in [4.69, 9.17) is 5.11 Å². The van der Waals surface area contributed by atoms with E-state index in [0.717, 1.165) is 0 Å². The van der Waals surface area contributed by atoms with Gasteiger partial charge in [-0.05, 0) is 12.5 Å². The number of nitrogens with zero attached hydrogens (tertiary/aromatic N) is 1. The summed E-state index contributed by atoms with van der Waals surface area (Å²) >= 11 is 0. The molecule has 0 aromatic heterocycles. The third-order valence-electron chi connectivity index (χ3n) is 2.86. The van der Waals surface area contributed by atoms with Gasteiger partial charge in [0, 0.05) is 11.3 Å². The maximum atomic E-state index is 11.2. The van der Waals surface area contributed by atoms with Crippen molar-refractivity contribution in [2.24, 2.45) is 5.92 Å².